The van der Waals surface area contributed by atoms with Crippen molar-refractivity contribution < 1.29 is 14.3 Å². The van der Waals surface area contributed by atoms with Crippen LogP contribution in [0.15, 0.2) is 52.1 Å². The molecule has 9 heteroatoms. The third kappa shape index (κ3) is 5.70. The Hall–Kier alpha value is -3.39. The fourth-order valence-corrected chi connectivity index (χ4v) is 4.91. The minimum absolute atomic E-state index is 0.0707. The zero-order valence-corrected chi connectivity index (χ0v) is 21.1. The van der Waals surface area contributed by atoms with Crippen molar-refractivity contribution in [1.29, 1.82) is 0 Å². The second-order valence-electron chi connectivity index (χ2n) is 9.00. The third-order valence-corrected chi connectivity index (χ3v) is 6.79. The van der Waals surface area contributed by atoms with Crippen LogP contribution in [0.1, 0.15) is 55.8 Å². The van der Waals surface area contributed by atoms with E-state index in [1.165, 1.54) is 10.6 Å². The van der Waals surface area contributed by atoms with Crippen molar-refractivity contribution in [3.8, 4) is 5.75 Å². The SMILES string of the molecule is CCOc1ccc(C(=O)Cn2c(=O)n(CCCC(=O)NC3CCCC3)c(=O)c3ccccc32)cc1Cl. The fraction of sp³-hybridized carbons (Fsp3) is 0.407. The van der Waals surface area contributed by atoms with E-state index in [-0.39, 0.29) is 37.2 Å². The van der Waals surface area contributed by atoms with Crippen molar-refractivity contribution in [2.24, 2.45) is 0 Å². The van der Waals surface area contributed by atoms with Gasteiger partial charge < -0.3 is 10.1 Å². The van der Waals surface area contributed by atoms with Crippen LogP contribution in [0, 0.1) is 0 Å². The van der Waals surface area contributed by atoms with Gasteiger partial charge in [0.15, 0.2) is 5.78 Å². The summed E-state index contributed by atoms with van der Waals surface area (Å²) in [6.45, 7) is 2.11. The topological polar surface area (TPSA) is 99.4 Å². The Labute approximate surface area is 213 Å². The zero-order valence-electron chi connectivity index (χ0n) is 20.3. The summed E-state index contributed by atoms with van der Waals surface area (Å²) in [5.74, 6) is 0.0795. The molecule has 0 aliphatic heterocycles. The van der Waals surface area contributed by atoms with Crippen molar-refractivity contribution >= 4 is 34.2 Å². The van der Waals surface area contributed by atoms with Gasteiger partial charge in [0.05, 0.1) is 29.1 Å². The normalized spacial score (nSPS) is 13.7. The van der Waals surface area contributed by atoms with E-state index in [2.05, 4.69) is 5.32 Å². The third-order valence-electron chi connectivity index (χ3n) is 6.49. The number of para-hydroxylation sites is 1. The molecule has 1 N–H and O–H groups in total. The molecule has 0 unspecified atom stereocenters. The molecule has 4 rings (SSSR count). The number of benzene rings is 2. The van der Waals surface area contributed by atoms with Gasteiger partial charge >= 0.3 is 5.69 Å². The van der Waals surface area contributed by atoms with E-state index in [9.17, 15) is 19.2 Å². The second kappa shape index (κ2) is 11.6. The van der Waals surface area contributed by atoms with Crippen LogP contribution >= 0.6 is 11.6 Å². The average molecular weight is 512 g/mol. The molecule has 36 heavy (non-hydrogen) atoms. The van der Waals surface area contributed by atoms with E-state index >= 15 is 0 Å². The highest BCUT2D eigenvalue weighted by molar-refractivity contribution is 6.32. The number of fused-ring (bicyclic) bond motifs is 1. The maximum absolute atomic E-state index is 13.4. The van der Waals surface area contributed by atoms with Crippen LogP contribution in [0.25, 0.3) is 10.9 Å². The van der Waals surface area contributed by atoms with Gasteiger partial charge in [-0.25, -0.2) is 4.79 Å². The summed E-state index contributed by atoms with van der Waals surface area (Å²) >= 11 is 6.24. The largest absolute Gasteiger partial charge is 0.492 e. The van der Waals surface area contributed by atoms with Crippen LogP contribution in [-0.2, 0) is 17.9 Å². The number of hydrogen-bond donors (Lipinski definition) is 1. The average Bonchev–Trinajstić information content (AvgIpc) is 3.38. The Morgan fingerprint density at radius 3 is 2.56 bits per heavy atom. The number of ketones is 1. The van der Waals surface area contributed by atoms with Gasteiger partial charge in [-0.3, -0.25) is 23.5 Å². The molecule has 0 bridgehead atoms. The summed E-state index contributed by atoms with van der Waals surface area (Å²) in [4.78, 5) is 51.8. The maximum Gasteiger partial charge on any atom is 0.331 e. The number of amides is 1. The van der Waals surface area contributed by atoms with E-state index in [4.69, 9.17) is 16.3 Å². The second-order valence-corrected chi connectivity index (χ2v) is 9.40. The molecule has 1 heterocycles. The highest BCUT2D eigenvalue weighted by Gasteiger charge is 2.19. The van der Waals surface area contributed by atoms with Gasteiger partial charge in [0.1, 0.15) is 5.75 Å². The van der Waals surface area contributed by atoms with Crippen LogP contribution in [0.5, 0.6) is 5.75 Å². The van der Waals surface area contributed by atoms with Crippen LogP contribution in [0.4, 0.5) is 0 Å². The molecule has 1 aliphatic rings. The Morgan fingerprint density at radius 2 is 1.83 bits per heavy atom. The number of Topliss-reactive ketones (excluding diaryl/α,β-unsaturated/α-hetero) is 1. The lowest BCUT2D eigenvalue weighted by molar-refractivity contribution is -0.121. The molecule has 0 spiro atoms. The molecule has 1 saturated carbocycles. The first kappa shape index (κ1) is 25.7. The van der Waals surface area contributed by atoms with Crippen molar-refractivity contribution in [1.82, 2.24) is 14.5 Å². The highest BCUT2D eigenvalue weighted by Crippen LogP contribution is 2.26. The molecule has 1 fully saturated rings. The number of halogens is 1. The van der Waals surface area contributed by atoms with Crippen LogP contribution in [-0.4, -0.2) is 33.5 Å². The number of carbonyl (C=O) groups excluding carboxylic acids is 2. The Morgan fingerprint density at radius 1 is 1.08 bits per heavy atom. The van der Waals surface area contributed by atoms with Gasteiger partial charge in [0, 0.05) is 24.6 Å². The molecule has 2 aromatic carbocycles. The summed E-state index contributed by atoms with van der Waals surface area (Å²) in [5, 5.41) is 3.67. The maximum atomic E-state index is 13.4. The minimum Gasteiger partial charge on any atom is -0.492 e. The number of nitrogens with one attached hydrogen (secondary N) is 1. The molecule has 0 saturated heterocycles. The van der Waals surface area contributed by atoms with Gasteiger partial charge in [-0.1, -0.05) is 36.6 Å². The van der Waals surface area contributed by atoms with Crippen LogP contribution in [0.2, 0.25) is 5.02 Å². The number of aromatic nitrogens is 2. The number of carbonyl (C=O) groups is 2. The van der Waals surface area contributed by atoms with E-state index in [0.717, 1.165) is 30.3 Å². The molecule has 190 valence electrons. The predicted octanol–water partition coefficient (Wildman–Crippen LogP) is 3.94. The van der Waals surface area contributed by atoms with Gasteiger partial charge in [0.25, 0.3) is 5.56 Å². The number of nitrogens with zero attached hydrogens (tertiary/aromatic N) is 2. The van der Waals surface area contributed by atoms with Gasteiger partial charge in [-0.2, -0.15) is 0 Å². The van der Waals surface area contributed by atoms with Gasteiger partial charge in [-0.05, 0) is 56.5 Å². The predicted molar refractivity (Wildman–Crippen MR) is 139 cm³/mol. The summed E-state index contributed by atoms with van der Waals surface area (Å²) in [6.07, 6.45) is 4.80. The van der Waals surface area contributed by atoms with E-state index in [1.807, 2.05) is 6.92 Å². The zero-order chi connectivity index (χ0) is 25.7. The first-order valence-electron chi connectivity index (χ1n) is 12.4. The molecule has 8 nitrogen and oxygen atoms in total. The summed E-state index contributed by atoms with van der Waals surface area (Å²) in [7, 11) is 0. The quantitative estimate of drug-likeness (QED) is 0.416. The monoisotopic (exact) mass is 511 g/mol. The summed E-state index contributed by atoms with van der Waals surface area (Å²) in [6, 6.07) is 11.7. The summed E-state index contributed by atoms with van der Waals surface area (Å²) in [5.41, 5.74) is -0.297. The van der Waals surface area contributed by atoms with Gasteiger partial charge in [0.2, 0.25) is 5.91 Å². The standard InChI is InChI=1S/C27H30ClN3O5/c1-2-36-24-14-13-18(16-21(24)28)23(32)17-31-22-11-6-5-10-20(22)26(34)30(27(31)35)15-7-12-25(33)29-19-8-3-4-9-19/h5-6,10-11,13-14,16,19H,2-4,7-9,12,15,17H2,1H3,(H,29,33). The fourth-order valence-electron chi connectivity index (χ4n) is 4.67. The van der Waals surface area contributed by atoms with Crippen molar-refractivity contribution in [2.75, 3.05) is 6.61 Å². The lowest BCUT2D eigenvalue weighted by atomic mass is 10.1. The van der Waals surface area contributed by atoms with Crippen molar-refractivity contribution in [3.05, 3.63) is 73.9 Å². The smallest absolute Gasteiger partial charge is 0.331 e. The molecule has 1 amide bonds. The molecule has 1 aromatic heterocycles. The first-order valence-corrected chi connectivity index (χ1v) is 12.7. The first-order chi connectivity index (χ1) is 17.4. The Kier molecular flexibility index (Phi) is 8.25. The number of hydrogen-bond acceptors (Lipinski definition) is 5. The molecule has 0 atom stereocenters. The Balaban J connectivity index is 1.57. The molecular formula is C27H30ClN3O5. The molecule has 0 radical (unpaired) electrons. The molecule has 3 aromatic rings. The summed E-state index contributed by atoms with van der Waals surface area (Å²) < 4.78 is 7.84. The highest BCUT2D eigenvalue weighted by atomic mass is 35.5. The number of ether oxygens (including phenoxy) is 1. The Bertz CT molecular complexity index is 1390. The van der Waals surface area contributed by atoms with E-state index in [0.29, 0.717) is 40.3 Å². The van der Waals surface area contributed by atoms with Crippen molar-refractivity contribution in [3.63, 3.8) is 0 Å². The van der Waals surface area contributed by atoms with Crippen molar-refractivity contribution in [2.45, 2.75) is 64.6 Å². The minimum atomic E-state index is -0.583. The molecule has 1 aliphatic carbocycles. The number of rotatable bonds is 10. The van der Waals surface area contributed by atoms with E-state index < -0.39 is 11.2 Å². The van der Waals surface area contributed by atoms with Crippen LogP contribution < -0.4 is 21.3 Å². The van der Waals surface area contributed by atoms with Crippen LogP contribution in [0.3, 0.4) is 0 Å². The lowest BCUT2D eigenvalue weighted by Crippen LogP contribution is -2.41. The molecular weight excluding hydrogens is 482 g/mol. The lowest BCUT2D eigenvalue weighted by Gasteiger charge is -2.15. The van der Waals surface area contributed by atoms with Gasteiger partial charge in [-0.15, -0.1) is 0 Å². The van der Waals surface area contributed by atoms with E-state index in [1.54, 1.807) is 36.4 Å².